The van der Waals surface area contributed by atoms with Gasteiger partial charge in [0.15, 0.2) is 11.7 Å². The van der Waals surface area contributed by atoms with E-state index in [1.165, 1.54) is 6.42 Å². The molecule has 2 heterocycles. The normalized spacial score (nSPS) is 23.7. The second kappa shape index (κ2) is 8.99. The molecule has 2 aromatic rings. The fourth-order valence-corrected chi connectivity index (χ4v) is 4.91. The summed E-state index contributed by atoms with van der Waals surface area (Å²) in [6.45, 7) is 6.16. The molecule has 6 nitrogen and oxygen atoms in total. The third-order valence-corrected chi connectivity index (χ3v) is 6.22. The maximum absolute atomic E-state index is 13.0. The number of carbonyl (C=O) groups excluding carboxylic acids is 1. The van der Waals surface area contributed by atoms with E-state index in [0.717, 1.165) is 50.7 Å². The Morgan fingerprint density at radius 1 is 1.10 bits per heavy atom. The van der Waals surface area contributed by atoms with E-state index in [2.05, 4.69) is 24.8 Å². The molecule has 158 valence electrons. The number of nitrogens with zero attached hydrogens (tertiary/aromatic N) is 4. The summed E-state index contributed by atoms with van der Waals surface area (Å²) in [6, 6.07) is 9.80. The minimum absolute atomic E-state index is 0.0889. The van der Waals surface area contributed by atoms with E-state index < -0.39 is 11.9 Å². The van der Waals surface area contributed by atoms with Gasteiger partial charge in [-0.2, -0.15) is 5.26 Å². The number of benzene rings is 1. The van der Waals surface area contributed by atoms with Crippen LogP contribution in [0.2, 0.25) is 0 Å². The topological polar surface area (TPSA) is 79.1 Å². The number of hydrogen-bond acceptors (Lipinski definition) is 6. The number of para-hydroxylation sites is 2. The number of fused-ring (bicyclic) bond motifs is 1. The molecule has 2 aliphatic rings. The van der Waals surface area contributed by atoms with Gasteiger partial charge in [0.1, 0.15) is 11.8 Å². The van der Waals surface area contributed by atoms with Crippen LogP contribution in [-0.4, -0.2) is 35.1 Å². The fourth-order valence-electron chi connectivity index (χ4n) is 4.91. The Kier molecular flexibility index (Phi) is 6.17. The van der Waals surface area contributed by atoms with Crippen molar-refractivity contribution in [2.45, 2.75) is 64.4 Å². The number of rotatable bonds is 4. The summed E-state index contributed by atoms with van der Waals surface area (Å²) in [6.07, 6.45) is 6.15. The largest absolute Gasteiger partial charge is 0.461 e. The highest BCUT2D eigenvalue weighted by Crippen LogP contribution is 2.33. The molecule has 1 saturated heterocycles. The van der Waals surface area contributed by atoms with Gasteiger partial charge in [-0.1, -0.05) is 32.4 Å². The molecule has 1 aliphatic heterocycles. The summed E-state index contributed by atoms with van der Waals surface area (Å²) >= 11 is 0. The summed E-state index contributed by atoms with van der Waals surface area (Å²) in [5.41, 5.74) is 1.90. The quantitative estimate of drug-likeness (QED) is 0.691. The molecule has 6 heteroatoms. The minimum Gasteiger partial charge on any atom is -0.461 e. The first-order valence-electron chi connectivity index (χ1n) is 11.2. The van der Waals surface area contributed by atoms with E-state index in [-0.39, 0.29) is 6.10 Å². The van der Waals surface area contributed by atoms with E-state index in [9.17, 15) is 10.1 Å². The van der Waals surface area contributed by atoms with E-state index in [1.807, 2.05) is 24.3 Å². The van der Waals surface area contributed by atoms with Crippen molar-refractivity contribution >= 4 is 22.8 Å². The smallest absolute Gasteiger partial charge is 0.329 e. The lowest BCUT2D eigenvalue weighted by Crippen LogP contribution is -2.40. The molecule has 30 heavy (non-hydrogen) atoms. The first-order valence-corrected chi connectivity index (χ1v) is 11.2. The molecule has 0 N–H and O–H groups in total. The third-order valence-electron chi connectivity index (χ3n) is 6.22. The fraction of sp³-hybridized carbons (Fsp3) is 0.583. The lowest BCUT2D eigenvalue weighted by atomic mass is 9.91. The van der Waals surface area contributed by atoms with Crippen molar-refractivity contribution in [1.82, 2.24) is 9.97 Å². The van der Waals surface area contributed by atoms with Crippen LogP contribution >= 0.6 is 0 Å². The van der Waals surface area contributed by atoms with Gasteiger partial charge in [-0.25, -0.2) is 9.97 Å². The number of anilines is 1. The SMILES string of the molecule is CC1CC(C)CN(c2nc3ccccc3nc2C(C#N)C(=O)OC2CCCCC2)C1. The number of aromatic nitrogens is 2. The Balaban J connectivity index is 1.71. The molecule has 1 saturated carbocycles. The van der Waals surface area contributed by atoms with Crippen molar-refractivity contribution in [2.75, 3.05) is 18.0 Å². The second-order valence-corrected chi connectivity index (χ2v) is 9.03. The average Bonchev–Trinajstić information content (AvgIpc) is 2.74. The van der Waals surface area contributed by atoms with Gasteiger partial charge in [-0.05, 0) is 56.1 Å². The predicted octanol–water partition coefficient (Wildman–Crippen LogP) is 4.60. The highest BCUT2D eigenvalue weighted by atomic mass is 16.5. The summed E-state index contributed by atoms with van der Waals surface area (Å²) in [5.74, 6) is 0.133. The lowest BCUT2D eigenvalue weighted by Gasteiger charge is -2.36. The van der Waals surface area contributed by atoms with Gasteiger partial charge in [0, 0.05) is 13.1 Å². The number of hydrogen-bond donors (Lipinski definition) is 0. The maximum atomic E-state index is 13.0. The summed E-state index contributed by atoms with van der Waals surface area (Å²) < 4.78 is 5.75. The highest BCUT2D eigenvalue weighted by molar-refractivity contribution is 5.85. The van der Waals surface area contributed by atoms with E-state index >= 15 is 0 Å². The van der Waals surface area contributed by atoms with Crippen molar-refractivity contribution in [2.24, 2.45) is 11.8 Å². The molecular weight excluding hydrogens is 376 g/mol. The van der Waals surface area contributed by atoms with Crippen LogP contribution in [-0.2, 0) is 9.53 Å². The molecule has 0 amide bonds. The number of ether oxygens (including phenoxy) is 1. The first kappa shape index (κ1) is 20.6. The number of carbonyl (C=O) groups is 1. The van der Waals surface area contributed by atoms with Gasteiger partial charge >= 0.3 is 5.97 Å². The maximum Gasteiger partial charge on any atom is 0.329 e. The van der Waals surface area contributed by atoms with E-state index in [0.29, 0.717) is 28.9 Å². The van der Waals surface area contributed by atoms with Gasteiger partial charge in [0.05, 0.1) is 17.1 Å². The van der Waals surface area contributed by atoms with Gasteiger partial charge in [0.25, 0.3) is 0 Å². The zero-order valence-corrected chi connectivity index (χ0v) is 17.9. The molecule has 0 radical (unpaired) electrons. The molecule has 1 aromatic heterocycles. The Labute approximate surface area is 178 Å². The summed E-state index contributed by atoms with van der Waals surface area (Å²) in [5, 5.41) is 9.94. The summed E-state index contributed by atoms with van der Waals surface area (Å²) in [7, 11) is 0. The molecule has 3 atom stereocenters. The standard InChI is InChI=1S/C24H30N4O2/c1-16-12-17(2)15-28(14-16)23-22(26-20-10-6-7-11-21(20)27-23)19(13-25)24(29)30-18-8-4-3-5-9-18/h6-7,10-11,16-19H,3-5,8-9,12,14-15H2,1-2H3. The van der Waals surface area contributed by atoms with Crippen LogP contribution in [0.5, 0.6) is 0 Å². The average molecular weight is 407 g/mol. The van der Waals surface area contributed by atoms with Crippen LogP contribution in [0.25, 0.3) is 11.0 Å². The zero-order chi connectivity index (χ0) is 21.1. The molecule has 3 unspecified atom stereocenters. The van der Waals surface area contributed by atoms with Crippen LogP contribution in [0.15, 0.2) is 24.3 Å². The minimum atomic E-state index is -1.06. The molecule has 0 bridgehead atoms. The van der Waals surface area contributed by atoms with Crippen LogP contribution in [0.3, 0.4) is 0 Å². The molecule has 1 aromatic carbocycles. The number of nitriles is 1. The Bertz CT molecular complexity index is 938. The van der Waals surface area contributed by atoms with Crippen LogP contribution in [0.1, 0.15) is 64.0 Å². The molecule has 4 rings (SSSR count). The Morgan fingerprint density at radius 3 is 2.37 bits per heavy atom. The number of piperidine rings is 1. The van der Waals surface area contributed by atoms with E-state index in [1.54, 1.807) is 0 Å². The predicted molar refractivity (Wildman–Crippen MR) is 116 cm³/mol. The molecule has 2 fully saturated rings. The van der Waals surface area contributed by atoms with Crippen LogP contribution in [0, 0.1) is 23.2 Å². The third kappa shape index (κ3) is 4.40. The van der Waals surface area contributed by atoms with Crippen LogP contribution in [0.4, 0.5) is 5.82 Å². The van der Waals surface area contributed by atoms with Gasteiger partial charge < -0.3 is 9.64 Å². The number of esters is 1. The van der Waals surface area contributed by atoms with Crippen molar-refractivity contribution in [3.63, 3.8) is 0 Å². The Morgan fingerprint density at radius 2 is 1.73 bits per heavy atom. The Hall–Kier alpha value is -2.68. The van der Waals surface area contributed by atoms with Gasteiger partial charge in [0.2, 0.25) is 0 Å². The highest BCUT2D eigenvalue weighted by Gasteiger charge is 2.33. The zero-order valence-electron chi connectivity index (χ0n) is 17.9. The van der Waals surface area contributed by atoms with Crippen LogP contribution < -0.4 is 4.90 Å². The van der Waals surface area contributed by atoms with Crippen molar-refractivity contribution in [3.8, 4) is 6.07 Å². The lowest BCUT2D eigenvalue weighted by molar-refractivity contribution is -0.150. The monoisotopic (exact) mass is 406 g/mol. The second-order valence-electron chi connectivity index (χ2n) is 9.03. The van der Waals surface area contributed by atoms with Crippen molar-refractivity contribution < 1.29 is 9.53 Å². The van der Waals surface area contributed by atoms with Crippen molar-refractivity contribution in [1.29, 1.82) is 5.26 Å². The van der Waals surface area contributed by atoms with Gasteiger partial charge in [-0.15, -0.1) is 0 Å². The van der Waals surface area contributed by atoms with E-state index in [4.69, 9.17) is 14.7 Å². The molecular formula is C24H30N4O2. The molecule has 1 aliphatic carbocycles. The van der Waals surface area contributed by atoms with Crippen molar-refractivity contribution in [3.05, 3.63) is 30.0 Å². The summed E-state index contributed by atoms with van der Waals surface area (Å²) in [4.78, 5) is 24.8. The van der Waals surface area contributed by atoms with Gasteiger partial charge in [-0.3, -0.25) is 4.79 Å². The first-order chi connectivity index (χ1) is 14.5. The molecule has 0 spiro atoms.